The van der Waals surface area contributed by atoms with E-state index in [0.29, 0.717) is 11.6 Å². The SMILES string of the molecule is CCOC(=O)/C=C/C=C(\Cl)c1ccc(C)cc1. The summed E-state index contributed by atoms with van der Waals surface area (Å²) in [6.07, 6.45) is 4.60. The lowest BCUT2D eigenvalue weighted by atomic mass is 10.1. The number of carbonyl (C=O) groups excluding carboxylic acids is 1. The Hall–Kier alpha value is -1.54. The molecule has 0 heterocycles. The molecule has 0 saturated carbocycles. The second kappa shape index (κ2) is 6.92. The second-order valence-electron chi connectivity index (χ2n) is 3.49. The molecule has 90 valence electrons. The number of halogens is 1. The van der Waals surface area contributed by atoms with Gasteiger partial charge in [-0.15, -0.1) is 0 Å². The molecule has 0 N–H and O–H groups in total. The Morgan fingerprint density at radius 3 is 2.59 bits per heavy atom. The maximum absolute atomic E-state index is 11.0. The van der Waals surface area contributed by atoms with E-state index >= 15 is 0 Å². The Balaban J connectivity index is 2.66. The first-order valence-corrected chi connectivity index (χ1v) is 5.79. The Kier molecular flexibility index (Phi) is 5.50. The molecule has 0 fully saturated rings. The molecule has 0 aliphatic carbocycles. The van der Waals surface area contributed by atoms with Crippen LogP contribution in [0.5, 0.6) is 0 Å². The fourth-order valence-electron chi connectivity index (χ4n) is 1.21. The Morgan fingerprint density at radius 2 is 2.00 bits per heavy atom. The number of carbonyl (C=O) groups is 1. The van der Waals surface area contributed by atoms with E-state index in [0.717, 1.165) is 5.56 Å². The third-order valence-corrected chi connectivity index (χ3v) is 2.43. The van der Waals surface area contributed by atoms with Crippen LogP contribution >= 0.6 is 11.6 Å². The van der Waals surface area contributed by atoms with E-state index in [-0.39, 0.29) is 5.97 Å². The third kappa shape index (κ3) is 4.87. The molecular weight excluding hydrogens is 236 g/mol. The smallest absolute Gasteiger partial charge is 0.330 e. The molecule has 1 aromatic carbocycles. The van der Waals surface area contributed by atoms with Crippen LogP contribution in [0, 0.1) is 6.92 Å². The molecule has 0 amide bonds. The van der Waals surface area contributed by atoms with Crippen LogP contribution in [0.4, 0.5) is 0 Å². The summed E-state index contributed by atoms with van der Waals surface area (Å²) < 4.78 is 4.75. The predicted molar refractivity (Wildman–Crippen MR) is 70.8 cm³/mol. The van der Waals surface area contributed by atoms with Crippen LogP contribution in [0.3, 0.4) is 0 Å². The first kappa shape index (κ1) is 13.5. The van der Waals surface area contributed by atoms with Gasteiger partial charge in [-0.05, 0) is 25.5 Å². The van der Waals surface area contributed by atoms with Crippen molar-refractivity contribution < 1.29 is 9.53 Å². The minimum absolute atomic E-state index is 0.364. The standard InChI is InChI=1S/C14H15ClO2/c1-3-17-14(16)6-4-5-13(15)12-9-7-11(2)8-10-12/h4-10H,3H2,1-2H3/b6-4+,13-5-. The molecule has 1 rings (SSSR count). The zero-order valence-corrected chi connectivity index (χ0v) is 10.7. The monoisotopic (exact) mass is 250 g/mol. The van der Waals surface area contributed by atoms with Crippen molar-refractivity contribution in [3.8, 4) is 0 Å². The normalized spacial score (nSPS) is 11.8. The van der Waals surface area contributed by atoms with Crippen LogP contribution in [-0.2, 0) is 9.53 Å². The van der Waals surface area contributed by atoms with E-state index in [1.165, 1.54) is 11.6 Å². The third-order valence-electron chi connectivity index (χ3n) is 2.09. The van der Waals surface area contributed by atoms with E-state index in [4.69, 9.17) is 16.3 Å². The predicted octanol–water partition coefficient (Wildman–Crippen LogP) is 3.69. The summed E-state index contributed by atoms with van der Waals surface area (Å²) >= 11 is 6.08. The van der Waals surface area contributed by atoms with Gasteiger partial charge in [0.05, 0.1) is 6.61 Å². The van der Waals surface area contributed by atoms with Crippen molar-refractivity contribution in [2.45, 2.75) is 13.8 Å². The van der Waals surface area contributed by atoms with Crippen LogP contribution in [0.1, 0.15) is 18.1 Å². The molecule has 0 unspecified atom stereocenters. The van der Waals surface area contributed by atoms with Crippen molar-refractivity contribution in [2.75, 3.05) is 6.61 Å². The highest BCUT2D eigenvalue weighted by Crippen LogP contribution is 2.19. The highest BCUT2D eigenvalue weighted by molar-refractivity contribution is 6.48. The maximum Gasteiger partial charge on any atom is 0.330 e. The zero-order chi connectivity index (χ0) is 12.7. The van der Waals surface area contributed by atoms with Gasteiger partial charge in [0, 0.05) is 11.1 Å². The van der Waals surface area contributed by atoms with Crippen molar-refractivity contribution in [1.82, 2.24) is 0 Å². The number of hydrogen-bond donors (Lipinski definition) is 0. The van der Waals surface area contributed by atoms with Gasteiger partial charge in [-0.3, -0.25) is 0 Å². The highest BCUT2D eigenvalue weighted by Gasteiger charge is 1.96. The highest BCUT2D eigenvalue weighted by atomic mass is 35.5. The van der Waals surface area contributed by atoms with Crippen molar-refractivity contribution >= 4 is 22.6 Å². The maximum atomic E-state index is 11.0. The minimum atomic E-state index is -0.364. The zero-order valence-electron chi connectivity index (χ0n) is 9.94. The number of hydrogen-bond acceptors (Lipinski definition) is 2. The van der Waals surface area contributed by atoms with Crippen LogP contribution in [0.25, 0.3) is 5.03 Å². The molecule has 2 nitrogen and oxygen atoms in total. The summed E-state index contributed by atoms with van der Waals surface area (Å²) in [5.74, 6) is -0.364. The van der Waals surface area contributed by atoms with E-state index in [9.17, 15) is 4.79 Å². The van der Waals surface area contributed by atoms with E-state index in [1.54, 1.807) is 19.1 Å². The summed E-state index contributed by atoms with van der Waals surface area (Å²) in [7, 11) is 0. The topological polar surface area (TPSA) is 26.3 Å². The number of benzene rings is 1. The van der Waals surface area contributed by atoms with Gasteiger partial charge in [-0.25, -0.2) is 4.79 Å². The molecule has 17 heavy (non-hydrogen) atoms. The average molecular weight is 251 g/mol. The molecule has 0 saturated heterocycles. The van der Waals surface area contributed by atoms with Crippen molar-refractivity contribution in [1.29, 1.82) is 0 Å². The van der Waals surface area contributed by atoms with Gasteiger partial charge in [-0.2, -0.15) is 0 Å². The molecule has 0 bridgehead atoms. The van der Waals surface area contributed by atoms with Gasteiger partial charge >= 0.3 is 5.97 Å². The molecule has 0 aromatic heterocycles. The van der Waals surface area contributed by atoms with Crippen LogP contribution in [0.2, 0.25) is 0 Å². The lowest BCUT2D eigenvalue weighted by molar-refractivity contribution is -0.137. The molecule has 0 aliphatic heterocycles. The lowest BCUT2D eigenvalue weighted by Gasteiger charge is -1.98. The second-order valence-corrected chi connectivity index (χ2v) is 3.90. The molecule has 3 heteroatoms. The van der Waals surface area contributed by atoms with Gasteiger partial charge in [0.15, 0.2) is 0 Å². The fraction of sp³-hybridized carbons (Fsp3) is 0.214. The molecule has 0 radical (unpaired) electrons. The average Bonchev–Trinajstić information content (AvgIpc) is 2.30. The fourth-order valence-corrected chi connectivity index (χ4v) is 1.41. The number of allylic oxidation sites excluding steroid dienone is 2. The van der Waals surface area contributed by atoms with Crippen LogP contribution in [-0.4, -0.2) is 12.6 Å². The Morgan fingerprint density at radius 1 is 1.35 bits per heavy atom. The van der Waals surface area contributed by atoms with Gasteiger partial charge in [0.25, 0.3) is 0 Å². The molecule has 0 atom stereocenters. The first-order valence-electron chi connectivity index (χ1n) is 5.41. The summed E-state index contributed by atoms with van der Waals surface area (Å²) in [6, 6.07) is 7.85. The number of esters is 1. The van der Waals surface area contributed by atoms with E-state index < -0.39 is 0 Å². The summed E-state index contributed by atoms with van der Waals surface area (Å²) in [5.41, 5.74) is 2.10. The largest absolute Gasteiger partial charge is 0.463 e. The Labute approximate surface area is 107 Å². The molecule has 0 aliphatic rings. The number of ether oxygens (including phenoxy) is 1. The van der Waals surface area contributed by atoms with Gasteiger partial charge in [0.1, 0.15) is 0 Å². The number of aryl methyl sites for hydroxylation is 1. The first-order chi connectivity index (χ1) is 8.13. The van der Waals surface area contributed by atoms with Crippen molar-refractivity contribution in [2.24, 2.45) is 0 Å². The summed E-state index contributed by atoms with van der Waals surface area (Å²) in [5, 5.41) is 0.588. The molecular formula is C14H15ClO2. The van der Waals surface area contributed by atoms with Gasteiger partial charge in [0.2, 0.25) is 0 Å². The van der Waals surface area contributed by atoms with Crippen molar-refractivity contribution in [3.63, 3.8) is 0 Å². The van der Waals surface area contributed by atoms with Crippen LogP contribution in [0.15, 0.2) is 42.5 Å². The van der Waals surface area contributed by atoms with E-state index in [2.05, 4.69) is 0 Å². The number of rotatable bonds is 4. The summed E-state index contributed by atoms with van der Waals surface area (Å²) in [4.78, 5) is 11.0. The minimum Gasteiger partial charge on any atom is -0.463 e. The quantitative estimate of drug-likeness (QED) is 0.463. The van der Waals surface area contributed by atoms with E-state index in [1.807, 2.05) is 31.2 Å². The van der Waals surface area contributed by atoms with Gasteiger partial charge < -0.3 is 4.74 Å². The van der Waals surface area contributed by atoms with Crippen molar-refractivity contribution in [3.05, 3.63) is 53.6 Å². The molecule has 1 aromatic rings. The van der Waals surface area contributed by atoms with Gasteiger partial charge in [-0.1, -0.05) is 47.5 Å². The van der Waals surface area contributed by atoms with Crippen LogP contribution < -0.4 is 0 Å². The summed E-state index contributed by atoms with van der Waals surface area (Å²) in [6.45, 7) is 4.15. The lowest BCUT2D eigenvalue weighted by Crippen LogP contribution is -1.98. The Bertz CT molecular complexity index is 430. The molecule has 0 spiro atoms.